The van der Waals surface area contributed by atoms with Gasteiger partial charge in [-0.25, -0.2) is 18.7 Å². The molecule has 1 heterocycles. The predicted molar refractivity (Wildman–Crippen MR) is 98.2 cm³/mol. The van der Waals surface area contributed by atoms with E-state index in [2.05, 4.69) is 20.6 Å². The van der Waals surface area contributed by atoms with Gasteiger partial charge in [0.2, 0.25) is 5.95 Å². The van der Waals surface area contributed by atoms with Gasteiger partial charge in [0.1, 0.15) is 11.6 Å². The molecular weight excluding hydrogens is 350 g/mol. The minimum atomic E-state index is -0.323. The first-order chi connectivity index (χ1) is 13.1. The van der Waals surface area contributed by atoms with E-state index in [1.165, 1.54) is 30.6 Å². The van der Waals surface area contributed by atoms with Crippen LogP contribution in [0.2, 0.25) is 0 Å². The quantitative estimate of drug-likeness (QED) is 0.671. The van der Waals surface area contributed by atoms with Crippen LogP contribution in [0.1, 0.15) is 21.5 Å². The number of nitrogens with one attached hydrogen (secondary N) is 2. The van der Waals surface area contributed by atoms with E-state index >= 15 is 0 Å². The van der Waals surface area contributed by atoms with Gasteiger partial charge in [-0.05, 0) is 35.7 Å². The second-order valence-electron chi connectivity index (χ2n) is 5.87. The van der Waals surface area contributed by atoms with Gasteiger partial charge < -0.3 is 10.6 Å². The zero-order valence-electron chi connectivity index (χ0n) is 14.5. The van der Waals surface area contributed by atoms with Crippen molar-refractivity contribution in [1.29, 1.82) is 0 Å². The van der Waals surface area contributed by atoms with Crippen molar-refractivity contribution in [3.8, 4) is 0 Å². The van der Waals surface area contributed by atoms with Crippen LogP contribution in [-0.2, 0) is 13.0 Å². The van der Waals surface area contributed by atoms with Crippen molar-refractivity contribution in [2.75, 3.05) is 11.9 Å². The molecule has 138 valence electrons. The van der Waals surface area contributed by atoms with Crippen molar-refractivity contribution in [2.45, 2.75) is 13.0 Å². The summed E-state index contributed by atoms with van der Waals surface area (Å²) in [6.45, 7) is 0.749. The zero-order valence-corrected chi connectivity index (χ0v) is 14.5. The van der Waals surface area contributed by atoms with Crippen LogP contribution < -0.4 is 10.6 Å². The monoisotopic (exact) mass is 368 g/mol. The van der Waals surface area contributed by atoms with Gasteiger partial charge in [-0.3, -0.25) is 4.79 Å². The molecule has 0 fully saturated rings. The van der Waals surface area contributed by atoms with E-state index in [9.17, 15) is 13.6 Å². The SMILES string of the molecule is O=C(NCCc1ccccc1F)c1cnc(NCc2ccc(F)cc2)nc1. The Morgan fingerprint density at radius 1 is 0.963 bits per heavy atom. The average Bonchev–Trinajstić information content (AvgIpc) is 2.69. The third kappa shape index (κ3) is 5.31. The van der Waals surface area contributed by atoms with Gasteiger partial charge in [-0.15, -0.1) is 0 Å². The summed E-state index contributed by atoms with van der Waals surface area (Å²) in [6, 6.07) is 12.6. The Bertz CT molecular complexity index is 899. The summed E-state index contributed by atoms with van der Waals surface area (Å²) in [5, 5.41) is 5.72. The van der Waals surface area contributed by atoms with Gasteiger partial charge in [-0.1, -0.05) is 30.3 Å². The maximum absolute atomic E-state index is 13.5. The number of halogens is 2. The molecular formula is C20H18F2N4O. The Morgan fingerprint density at radius 2 is 1.67 bits per heavy atom. The van der Waals surface area contributed by atoms with Crippen molar-refractivity contribution in [2.24, 2.45) is 0 Å². The highest BCUT2D eigenvalue weighted by Gasteiger charge is 2.08. The van der Waals surface area contributed by atoms with Crippen molar-refractivity contribution in [1.82, 2.24) is 15.3 Å². The molecule has 0 saturated carbocycles. The standard InChI is InChI=1S/C20H18F2N4O/c21-17-7-5-14(6-8-17)11-24-20-25-12-16(13-26-20)19(27)23-10-9-15-3-1-2-4-18(15)22/h1-8,12-13H,9-11H2,(H,23,27)(H,24,25,26). The minimum absolute atomic E-state index is 0.285. The second-order valence-corrected chi connectivity index (χ2v) is 5.87. The highest BCUT2D eigenvalue weighted by Crippen LogP contribution is 2.08. The molecule has 3 rings (SSSR count). The van der Waals surface area contributed by atoms with Crippen molar-refractivity contribution in [3.63, 3.8) is 0 Å². The minimum Gasteiger partial charge on any atom is -0.352 e. The topological polar surface area (TPSA) is 66.9 Å². The lowest BCUT2D eigenvalue weighted by molar-refractivity contribution is 0.0953. The molecule has 1 amide bonds. The van der Waals surface area contributed by atoms with Gasteiger partial charge in [0.25, 0.3) is 5.91 Å². The van der Waals surface area contributed by atoms with E-state index in [0.29, 0.717) is 36.6 Å². The van der Waals surface area contributed by atoms with Gasteiger partial charge in [-0.2, -0.15) is 0 Å². The molecule has 0 radical (unpaired) electrons. The van der Waals surface area contributed by atoms with Gasteiger partial charge in [0, 0.05) is 25.5 Å². The molecule has 5 nitrogen and oxygen atoms in total. The first kappa shape index (κ1) is 18.4. The molecule has 27 heavy (non-hydrogen) atoms. The molecule has 0 atom stereocenters. The molecule has 0 aliphatic rings. The number of carbonyl (C=O) groups is 1. The third-order valence-corrected chi connectivity index (χ3v) is 3.92. The predicted octanol–water partition coefficient (Wildman–Crippen LogP) is 3.34. The first-order valence-corrected chi connectivity index (χ1v) is 8.44. The molecule has 0 bridgehead atoms. The number of carbonyl (C=O) groups excluding carboxylic acids is 1. The number of hydrogen-bond acceptors (Lipinski definition) is 4. The van der Waals surface area contributed by atoms with Gasteiger partial charge >= 0.3 is 0 Å². The van der Waals surface area contributed by atoms with E-state index in [-0.39, 0.29) is 17.5 Å². The molecule has 0 aliphatic heterocycles. The average molecular weight is 368 g/mol. The van der Waals surface area contributed by atoms with Crippen molar-refractivity contribution in [3.05, 3.63) is 89.2 Å². The summed E-state index contributed by atoms with van der Waals surface area (Å²) >= 11 is 0. The summed E-state index contributed by atoms with van der Waals surface area (Å²) in [5.74, 6) is -0.536. The number of rotatable bonds is 7. The van der Waals surface area contributed by atoms with Crippen LogP contribution >= 0.6 is 0 Å². The van der Waals surface area contributed by atoms with Gasteiger partial charge in [0.05, 0.1) is 5.56 Å². The Morgan fingerprint density at radius 3 is 2.37 bits per heavy atom. The fourth-order valence-corrected chi connectivity index (χ4v) is 2.43. The Hall–Kier alpha value is -3.35. The number of nitrogens with zero attached hydrogens (tertiary/aromatic N) is 2. The van der Waals surface area contributed by atoms with Crippen LogP contribution in [0.25, 0.3) is 0 Å². The second kappa shape index (κ2) is 8.84. The maximum Gasteiger partial charge on any atom is 0.254 e. The Balaban J connectivity index is 1.48. The molecule has 2 aromatic carbocycles. The summed E-state index contributed by atoms with van der Waals surface area (Å²) in [4.78, 5) is 20.3. The normalized spacial score (nSPS) is 10.4. The zero-order chi connectivity index (χ0) is 19.1. The summed E-state index contributed by atoms with van der Waals surface area (Å²) in [6.07, 6.45) is 3.23. The highest BCUT2D eigenvalue weighted by atomic mass is 19.1. The van der Waals surface area contributed by atoms with E-state index < -0.39 is 0 Å². The lowest BCUT2D eigenvalue weighted by atomic mass is 10.1. The van der Waals surface area contributed by atoms with E-state index in [1.807, 2.05) is 0 Å². The number of hydrogen-bond donors (Lipinski definition) is 2. The highest BCUT2D eigenvalue weighted by molar-refractivity contribution is 5.93. The van der Waals surface area contributed by atoms with Crippen LogP contribution in [0, 0.1) is 11.6 Å². The lowest BCUT2D eigenvalue weighted by Gasteiger charge is -2.07. The van der Waals surface area contributed by atoms with E-state index in [1.54, 1.807) is 30.3 Å². The Labute approximate surface area is 155 Å². The molecule has 0 unspecified atom stereocenters. The molecule has 2 N–H and O–H groups in total. The van der Waals surface area contributed by atoms with Crippen molar-refractivity contribution >= 4 is 11.9 Å². The summed E-state index contributed by atoms with van der Waals surface area (Å²) in [7, 11) is 0. The molecule has 3 aromatic rings. The smallest absolute Gasteiger partial charge is 0.254 e. The van der Waals surface area contributed by atoms with Crippen LogP contribution in [0.3, 0.4) is 0 Å². The lowest BCUT2D eigenvalue weighted by Crippen LogP contribution is -2.26. The fraction of sp³-hybridized carbons (Fsp3) is 0.150. The van der Waals surface area contributed by atoms with Crippen LogP contribution in [0.15, 0.2) is 60.9 Å². The maximum atomic E-state index is 13.5. The number of aromatic nitrogens is 2. The van der Waals surface area contributed by atoms with Gasteiger partial charge in [0.15, 0.2) is 0 Å². The summed E-state index contributed by atoms with van der Waals surface area (Å²) < 4.78 is 26.4. The fourth-order valence-electron chi connectivity index (χ4n) is 2.43. The van der Waals surface area contributed by atoms with Crippen LogP contribution in [0.4, 0.5) is 14.7 Å². The molecule has 0 saturated heterocycles. The van der Waals surface area contributed by atoms with Crippen molar-refractivity contribution < 1.29 is 13.6 Å². The first-order valence-electron chi connectivity index (χ1n) is 8.44. The largest absolute Gasteiger partial charge is 0.352 e. The number of anilines is 1. The number of benzene rings is 2. The van der Waals surface area contributed by atoms with Crippen LogP contribution in [-0.4, -0.2) is 22.4 Å². The molecule has 7 heteroatoms. The Kier molecular flexibility index (Phi) is 6.04. The molecule has 1 aromatic heterocycles. The van der Waals surface area contributed by atoms with Crippen LogP contribution in [0.5, 0.6) is 0 Å². The molecule has 0 spiro atoms. The van der Waals surface area contributed by atoms with E-state index in [4.69, 9.17) is 0 Å². The number of amides is 1. The van der Waals surface area contributed by atoms with E-state index in [0.717, 1.165) is 5.56 Å². The third-order valence-electron chi connectivity index (χ3n) is 3.92. The molecule has 0 aliphatic carbocycles. The summed E-state index contributed by atoms with van der Waals surface area (Å²) in [5.41, 5.74) is 1.75.